The van der Waals surface area contributed by atoms with Crippen LogP contribution < -0.4 is 0 Å². The summed E-state index contributed by atoms with van der Waals surface area (Å²) in [7, 11) is 0. The maximum absolute atomic E-state index is 3.26. The monoisotopic (exact) mass is 374 g/mol. The standard InChI is InChI=1S/2C10H15.2Cr/c2*1-6-7(2)9(4)10(5)8(6)3;;/h2*1-5H3;;. The second kappa shape index (κ2) is 6.50. The molecule has 0 spiro atoms. The summed E-state index contributed by atoms with van der Waals surface area (Å²) < 4.78 is 0.377. The molecule has 0 heterocycles. The van der Waals surface area contributed by atoms with Gasteiger partial charge < -0.3 is 0 Å². The molecule has 0 aromatic heterocycles. The zero-order chi connectivity index (χ0) is 17.6. The molecule has 0 bridgehead atoms. The van der Waals surface area contributed by atoms with Gasteiger partial charge in [0.1, 0.15) is 0 Å². The topological polar surface area (TPSA) is 0 Å². The van der Waals surface area contributed by atoms with Gasteiger partial charge in [0.05, 0.1) is 0 Å². The van der Waals surface area contributed by atoms with Crippen molar-refractivity contribution in [2.75, 3.05) is 0 Å². The summed E-state index contributed by atoms with van der Waals surface area (Å²) in [6, 6.07) is 0. The molecule has 0 amide bonds. The second-order valence-corrected chi connectivity index (χ2v) is 9.62. The predicted octanol–water partition coefficient (Wildman–Crippen LogP) is 6.80. The van der Waals surface area contributed by atoms with Crippen molar-refractivity contribution in [3.05, 3.63) is 44.6 Å². The van der Waals surface area contributed by atoms with Crippen LogP contribution in [0.2, 0.25) is 8.55 Å². The van der Waals surface area contributed by atoms with Crippen LogP contribution in [0.3, 0.4) is 0 Å². The third kappa shape index (κ3) is 3.14. The quantitative estimate of drug-likeness (QED) is 0.437. The average molecular weight is 374 g/mol. The second-order valence-electron chi connectivity index (χ2n) is 7.07. The molecule has 0 nitrogen and oxygen atoms in total. The summed E-state index contributed by atoms with van der Waals surface area (Å²) in [5, 5.41) is 0. The minimum atomic E-state index is 0.189. The van der Waals surface area contributed by atoms with E-state index in [9.17, 15) is 0 Å². The fourth-order valence-corrected chi connectivity index (χ4v) is 4.07. The molecule has 22 heavy (non-hydrogen) atoms. The van der Waals surface area contributed by atoms with Gasteiger partial charge in [-0.2, -0.15) is 0 Å². The molecule has 0 aliphatic heterocycles. The van der Waals surface area contributed by atoms with Crippen LogP contribution in [0.15, 0.2) is 44.6 Å². The van der Waals surface area contributed by atoms with Crippen LogP contribution in [0.1, 0.15) is 69.2 Å². The first-order valence-corrected chi connectivity index (χ1v) is 9.18. The fraction of sp³-hybridized carbons (Fsp3) is 0.600. The van der Waals surface area contributed by atoms with E-state index in [1.165, 1.54) is 44.6 Å². The van der Waals surface area contributed by atoms with E-state index in [0.29, 0.717) is 0 Å². The Kier molecular flexibility index (Phi) is 5.93. The number of rotatable bonds is 0. The molecule has 122 valence electrons. The molecule has 0 fully saturated rings. The van der Waals surface area contributed by atoms with Gasteiger partial charge in [-0.25, -0.2) is 0 Å². The molecule has 0 radical (unpaired) electrons. The van der Waals surface area contributed by atoms with Crippen molar-refractivity contribution in [1.82, 2.24) is 0 Å². The first kappa shape index (κ1) is 20.1. The van der Waals surface area contributed by atoms with Crippen molar-refractivity contribution in [2.24, 2.45) is 0 Å². The van der Waals surface area contributed by atoms with E-state index < -0.39 is 0 Å². The molecule has 0 aromatic carbocycles. The maximum atomic E-state index is 3.26. The van der Waals surface area contributed by atoms with E-state index in [4.69, 9.17) is 0 Å². The van der Waals surface area contributed by atoms with Crippen LogP contribution in [0.4, 0.5) is 0 Å². The van der Waals surface area contributed by atoms with Crippen molar-refractivity contribution >= 4 is 0 Å². The molecule has 0 saturated heterocycles. The Hall–Kier alpha value is 0.0249. The van der Waals surface area contributed by atoms with Gasteiger partial charge in [-0.1, -0.05) is 0 Å². The first-order chi connectivity index (χ1) is 9.77. The molecule has 0 N–H and O–H groups in total. The van der Waals surface area contributed by atoms with Gasteiger partial charge in [0.25, 0.3) is 0 Å². The van der Waals surface area contributed by atoms with Crippen molar-refractivity contribution in [3.8, 4) is 0 Å². The van der Waals surface area contributed by atoms with E-state index in [-0.39, 0.29) is 8.55 Å². The molecule has 0 atom stereocenters. The van der Waals surface area contributed by atoms with Crippen LogP contribution in [0, 0.1) is 0 Å². The van der Waals surface area contributed by atoms with Crippen molar-refractivity contribution in [1.29, 1.82) is 0 Å². The third-order valence-electron chi connectivity index (χ3n) is 6.24. The molecular weight excluding hydrogens is 344 g/mol. The van der Waals surface area contributed by atoms with Gasteiger partial charge in [0, 0.05) is 0 Å². The van der Waals surface area contributed by atoms with Crippen LogP contribution in [0.5, 0.6) is 0 Å². The molecule has 0 saturated carbocycles. The summed E-state index contributed by atoms with van der Waals surface area (Å²) >= 11 is 6.52. The Morgan fingerprint density at radius 3 is 0.636 bits per heavy atom. The van der Waals surface area contributed by atoms with Crippen LogP contribution >= 0.6 is 0 Å². The van der Waals surface area contributed by atoms with Gasteiger partial charge in [-0.05, 0) is 0 Å². The van der Waals surface area contributed by atoms with Crippen molar-refractivity contribution in [3.63, 3.8) is 0 Å². The summed E-state index contributed by atoms with van der Waals surface area (Å²) in [5.41, 5.74) is 11.8. The van der Waals surface area contributed by atoms with E-state index in [1.54, 1.807) is 0 Å². The van der Waals surface area contributed by atoms with Crippen LogP contribution in [-0.4, -0.2) is 0 Å². The van der Waals surface area contributed by atoms with E-state index >= 15 is 0 Å². The van der Waals surface area contributed by atoms with Gasteiger partial charge >= 0.3 is 155 Å². The van der Waals surface area contributed by atoms with Gasteiger partial charge in [-0.3, -0.25) is 0 Å². The summed E-state index contributed by atoms with van der Waals surface area (Å²) in [4.78, 5) is 0. The molecule has 0 unspecified atom stereocenters. The molecule has 0 aromatic rings. The Morgan fingerprint density at radius 2 is 0.591 bits per heavy atom. The summed E-state index contributed by atoms with van der Waals surface area (Å²) in [6.45, 7) is 22.2. The van der Waals surface area contributed by atoms with Crippen LogP contribution in [0.25, 0.3) is 0 Å². The number of hydrogen-bond donors (Lipinski definition) is 0. The Labute approximate surface area is 154 Å². The molecule has 2 aliphatic rings. The van der Waals surface area contributed by atoms with Gasteiger partial charge in [0.2, 0.25) is 0 Å². The van der Waals surface area contributed by atoms with Gasteiger partial charge in [0.15, 0.2) is 0 Å². The molecule has 2 heteroatoms. The van der Waals surface area contributed by atoms with Gasteiger partial charge in [-0.15, -0.1) is 0 Å². The summed E-state index contributed by atoms with van der Waals surface area (Å²) in [5.74, 6) is 0. The first-order valence-electron chi connectivity index (χ1n) is 7.91. The zero-order valence-corrected chi connectivity index (χ0v) is 18.4. The average Bonchev–Trinajstić information content (AvgIpc) is 2.67. The van der Waals surface area contributed by atoms with E-state index in [0.717, 1.165) is 0 Å². The van der Waals surface area contributed by atoms with E-state index in [1.807, 2.05) is 0 Å². The van der Waals surface area contributed by atoms with Crippen molar-refractivity contribution in [2.45, 2.75) is 77.8 Å². The Bertz CT molecular complexity index is 512. The number of hydrogen-bond acceptors (Lipinski definition) is 0. The summed E-state index contributed by atoms with van der Waals surface area (Å²) in [6.07, 6.45) is 0. The Morgan fingerprint density at radius 1 is 0.455 bits per heavy atom. The van der Waals surface area contributed by atoms with Crippen LogP contribution in [-0.2, 0) is 32.6 Å². The molecule has 2 aliphatic carbocycles. The zero-order valence-electron chi connectivity index (χ0n) is 15.8. The van der Waals surface area contributed by atoms with Crippen molar-refractivity contribution < 1.29 is 32.6 Å². The fourth-order valence-electron chi connectivity index (χ4n) is 3.12. The Balaban J connectivity index is 0.000000220. The minimum absolute atomic E-state index is 0.189. The predicted molar refractivity (Wildman–Crippen MR) is 90.2 cm³/mol. The molecule has 2 rings (SSSR count). The normalized spacial score (nSPS) is 23.4. The SMILES string of the molecule is CC1=C(C)[C](C)([Cr])C(C)=C1C.CC1=C(C)[C](C)([Cr])C(C)=C1C. The third-order valence-corrected chi connectivity index (χ3v) is 8.15. The number of allylic oxidation sites excluding steroid dienone is 8. The van der Waals surface area contributed by atoms with E-state index in [2.05, 4.69) is 102 Å². The molecular formula is C20H30Cr2.